The largest absolute Gasteiger partial charge is 0.481 e. The topological polar surface area (TPSA) is 437 Å². The van der Waals surface area contributed by atoms with Crippen LogP contribution in [-0.2, 0) is 64.3 Å². The lowest BCUT2D eigenvalue weighted by Crippen LogP contribution is -2.56. The SMILES string of the molecule is CCCNC(=O)Nc1cccc(S(=O)(=O)Nc2cccc([C@@H](CC(=O)O)NC(O)Nc3ccc(NC(O)NCCOCCOCCOCCC(=O)N[C@@H](CC(N)=O)C(=O)N4CCC[C@H]4C(=O)N[C@@H](C)C(=O)NCCCN(C(=O)CO)[C@@H](c4cc(-c5cc(F)ccc5F)cn4Cc4ccccc4)C(C)(C)C)cc3)c2)c1. The zero-order valence-corrected chi connectivity index (χ0v) is 62.4. The van der Waals surface area contributed by atoms with Gasteiger partial charge in [-0.15, -0.1) is 0 Å². The number of aromatic nitrogens is 1. The summed E-state index contributed by atoms with van der Waals surface area (Å²) in [6.07, 6.45) is -0.655. The molecular weight excluding hydrogens is 1440 g/mol. The Kier molecular flexibility index (Phi) is 33.6. The van der Waals surface area contributed by atoms with E-state index in [-0.39, 0.29) is 107 Å². The number of hydrogen-bond donors (Lipinski definition) is 15. The van der Waals surface area contributed by atoms with Crippen molar-refractivity contribution in [2.24, 2.45) is 11.1 Å². The molecular formula is C75H100F2N14O17S. The molecule has 109 heavy (non-hydrogen) atoms. The highest BCUT2D eigenvalue weighted by Gasteiger charge is 2.40. The number of rotatable bonds is 45. The van der Waals surface area contributed by atoms with E-state index >= 15 is 4.39 Å². The molecule has 31 nitrogen and oxygen atoms in total. The zero-order valence-electron chi connectivity index (χ0n) is 61.6. The van der Waals surface area contributed by atoms with Crippen LogP contribution in [0.1, 0.15) is 108 Å². The van der Waals surface area contributed by atoms with Gasteiger partial charge in [0.25, 0.3) is 10.0 Å². The maximum absolute atomic E-state index is 15.2. The lowest BCUT2D eigenvalue weighted by atomic mass is 9.83. The summed E-state index contributed by atoms with van der Waals surface area (Å²) >= 11 is 0. The third-order valence-corrected chi connectivity index (χ3v) is 18.6. The van der Waals surface area contributed by atoms with Gasteiger partial charge in [0, 0.05) is 97.5 Å². The number of aliphatic carboxylic acids is 1. The normalized spacial score (nSPS) is 14.6. The maximum atomic E-state index is 15.2. The molecule has 16 N–H and O–H groups in total. The Labute approximate surface area is 631 Å². The van der Waals surface area contributed by atoms with E-state index in [2.05, 4.69) is 52.6 Å². The van der Waals surface area contributed by atoms with Crippen molar-refractivity contribution in [3.63, 3.8) is 0 Å². The minimum atomic E-state index is -4.17. The van der Waals surface area contributed by atoms with E-state index in [0.29, 0.717) is 54.1 Å². The highest BCUT2D eigenvalue weighted by Crippen LogP contribution is 2.41. The van der Waals surface area contributed by atoms with Crippen molar-refractivity contribution in [3.05, 3.63) is 162 Å². The highest BCUT2D eigenvalue weighted by atomic mass is 32.2. The van der Waals surface area contributed by atoms with Crippen LogP contribution in [0.3, 0.4) is 0 Å². The highest BCUT2D eigenvalue weighted by molar-refractivity contribution is 7.92. The number of sulfonamides is 1. The van der Waals surface area contributed by atoms with Crippen molar-refractivity contribution in [1.82, 2.24) is 46.3 Å². The zero-order chi connectivity index (χ0) is 79.2. The van der Waals surface area contributed by atoms with Gasteiger partial charge in [0.1, 0.15) is 36.4 Å². The molecule has 1 aliphatic rings. The molecule has 7 rings (SSSR count). The molecule has 6 aromatic rings. The van der Waals surface area contributed by atoms with Crippen molar-refractivity contribution in [1.29, 1.82) is 0 Å². The van der Waals surface area contributed by atoms with Gasteiger partial charge in [0.15, 0.2) is 12.7 Å². The monoisotopic (exact) mass is 1540 g/mol. The van der Waals surface area contributed by atoms with Gasteiger partial charge in [-0.2, -0.15) is 0 Å². The van der Waals surface area contributed by atoms with Crippen molar-refractivity contribution in [2.45, 2.75) is 134 Å². The molecule has 1 aliphatic heterocycles. The van der Waals surface area contributed by atoms with Crippen LogP contribution >= 0.6 is 0 Å². The standard InChI is InChI=1S/C75H100F2N14O17S/c1-6-28-80-72(101)85-55-17-11-19-57(42-55)109(104,105)88-56-18-10-16-50(39-56)60(44-67(96)97)87-74(103)84-54-24-22-53(23-25-54)83-73(102)81-30-34-107-36-38-108-37-35-106-33-27-65(94)86-61(43-64(78)93)71(100)90-31-12-20-62(90)70(99)82-48(2)69(98)79-29-13-32-91(66(95)47-92)68(75(3,4)5)63-40-51(58-41-52(76)21-26-59(58)77)46-89(63)45-49-14-8-7-9-15-49/h7-11,14-19,21-26,39-42,46,48,60-62,68,73-74,81,83-84,87-88,92,102-103H,6,12-13,20,27-38,43-45,47H2,1-5H3,(H2,78,93)(H,79,98)(H,82,99)(H,86,94)(H,96,97)(H2,80,85,101)/t48-,60+,61-,62-,68-,73?,74?/m0/s1. The molecule has 0 aliphatic carbocycles. The third-order valence-electron chi connectivity index (χ3n) is 17.2. The number of carboxylic acid groups (broad SMARTS) is 1. The Morgan fingerprint density at radius 2 is 1.40 bits per heavy atom. The van der Waals surface area contributed by atoms with E-state index in [1.165, 1.54) is 59.2 Å². The number of nitrogens with two attached hydrogens (primary N) is 1. The van der Waals surface area contributed by atoms with Crippen LogP contribution in [0.5, 0.6) is 0 Å². The van der Waals surface area contributed by atoms with Crippen LogP contribution < -0.4 is 58.3 Å². The lowest BCUT2D eigenvalue weighted by molar-refractivity contribution is -0.143. The van der Waals surface area contributed by atoms with Gasteiger partial charge in [-0.05, 0) is 128 Å². The molecule has 5 aromatic carbocycles. The summed E-state index contributed by atoms with van der Waals surface area (Å²) in [6, 6.07) is 26.7. The third kappa shape index (κ3) is 27.8. The second kappa shape index (κ2) is 42.5. The molecule has 592 valence electrons. The molecule has 0 bridgehead atoms. The quantitative estimate of drug-likeness (QED) is 0.0177. The number of nitrogens with zero attached hydrogens (tertiary/aromatic N) is 3. The minimum Gasteiger partial charge on any atom is -0.481 e. The Morgan fingerprint density at radius 3 is 2.07 bits per heavy atom. The average molecular weight is 1540 g/mol. The van der Waals surface area contributed by atoms with Crippen LogP contribution in [-0.4, -0.2) is 200 Å². The van der Waals surface area contributed by atoms with Crippen LogP contribution in [0.4, 0.5) is 36.3 Å². The number of likely N-dealkylation sites (tertiary alicyclic amines) is 1. The molecule has 34 heteroatoms. The number of benzene rings is 5. The molecule has 1 saturated heterocycles. The Hall–Kier alpha value is -10.2. The number of ether oxygens (including phenoxy) is 3. The summed E-state index contributed by atoms with van der Waals surface area (Å²) in [4.78, 5) is 107. The first kappa shape index (κ1) is 86.1. The van der Waals surface area contributed by atoms with Crippen LogP contribution in [0.25, 0.3) is 11.1 Å². The Balaban J connectivity index is 0.762. The van der Waals surface area contributed by atoms with Crippen molar-refractivity contribution in [3.8, 4) is 11.1 Å². The van der Waals surface area contributed by atoms with Gasteiger partial charge < -0.3 is 92.0 Å². The predicted octanol–water partition coefficient (Wildman–Crippen LogP) is 5.00. The number of primary amides is 1. The molecule has 7 atom stereocenters. The second-order valence-corrected chi connectivity index (χ2v) is 28.6. The number of urea groups is 1. The first-order chi connectivity index (χ1) is 52.0. The maximum Gasteiger partial charge on any atom is 0.319 e. The fourth-order valence-electron chi connectivity index (χ4n) is 12.1. The molecule has 1 aromatic heterocycles. The van der Waals surface area contributed by atoms with E-state index in [1.54, 1.807) is 42.6 Å². The summed E-state index contributed by atoms with van der Waals surface area (Å²) in [5.41, 5.74) is 8.37. The van der Waals surface area contributed by atoms with Gasteiger partial charge in [-0.25, -0.2) is 22.0 Å². The van der Waals surface area contributed by atoms with Gasteiger partial charge in [0.05, 0.1) is 63.4 Å². The second-order valence-electron chi connectivity index (χ2n) is 26.9. The molecule has 2 unspecified atom stereocenters. The number of nitrogens with one attached hydrogen (secondary N) is 10. The number of hydrogen-bond acceptors (Lipinski definition) is 20. The fraction of sp³-hybridized carbons (Fsp3) is 0.440. The molecule has 1 fully saturated rings. The summed E-state index contributed by atoms with van der Waals surface area (Å²) in [5, 5.41) is 66.1. The van der Waals surface area contributed by atoms with E-state index in [4.69, 9.17) is 19.9 Å². The smallest absolute Gasteiger partial charge is 0.319 e. The summed E-state index contributed by atoms with van der Waals surface area (Å²) < 4.78 is 77.5. The number of aliphatic hydroxyl groups is 3. The molecule has 0 spiro atoms. The first-order valence-corrected chi connectivity index (χ1v) is 37.3. The van der Waals surface area contributed by atoms with Crippen molar-refractivity contribution in [2.75, 3.05) is 99.6 Å². The minimum absolute atomic E-state index is 0.0316. The van der Waals surface area contributed by atoms with Crippen LogP contribution in [0, 0.1) is 17.0 Å². The number of carbonyl (C=O) groups excluding carboxylic acids is 7. The summed E-state index contributed by atoms with van der Waals surface area (Å²) in [5.74, 6) is -6.50. The number of halogens is 2. The number of anilines is 4. The van der Waals surface area contributed by atoms with E-state index in [0.717, 1.165) is 23.8 Å². The predicted molar refractivity (Wildman–Crippen MR) is 402 cm³/mol. The molecule has 8 amide bonds. The Morgan fingerprint density at radius 1 is 0.734 bits per heavy atom. The number of carbonyl (C=O) groups is 8. The van der Waals surface area contributed by atoms with Gasteiger partial charge in [-0.1, -0.05) is 76.2 Å². The van der Waals surface area contributed by atoms with E-state index in [9.17, 15) is 71.6 Å². The van der Waals surface area contributed by atoms with E-state index in [1.807, 2.05) is 62.6 Å². The average Bonchev–Trinajstić information content (AvgIpc) is 1.66. The first-order valence-electron chi connectivity index (χ1n) is 35.8. The molecule has 0 radical (unpaired) electrons. The number of aliphatic hydroxyl groups excluding tert-OH is 3. The van der Waals surface area contributed by atoms with Gasteiger partial charge >= 0.3 is 12.0 Å². The lowest BCUT2D eigenvalue weighted by Gasteiger charge is -2.41. The Bertz CT molecular complexity index is 4120. The van der Waals surface area contributed by atoms with Crippen molar-refractivity contribution < 1.29 is 90.2 Å². The van der Waals surface area contributed by atoms with Gasteiger partial charge in [-0.3, -0.25) is 48.9 Å². The molecule has 0 saturated carbocycles. The van der Waals surface area contributed by atoms with Crippen LogP contribution in [0.2, 0.25) is 0 Å². The summed E-state index contributed by atoms with van der Waals surface area (Å²) in [6.45, 7) is 10.2. The number of amides is 8. The molecule has 2 heterocycles. The summed E-state index contributed by atoms with van der Waals surface area (Å²) in [7, 11) is -4.17. The van der Waals surface area contributed by atoms with E-state index < -0.39 is 137 Å². The van der Waals surface area contributed by atoms with Gasteiger partial charge in [0.2, 0.25) is 35.4 Å². The number of carboxylic acids is 1. The van der Waals surface area contributed by atoms with Crippen LogP contribution in [0.15, 0.2) is 138 Å². The fourth-order valence-corrected chi connectivity index (χ4v) is 13.2. The van der Waals surface area contributed by atoms with Crippen molar-refractivity contribution >= 4 is 80.2 Å².